The minimum Gasteiger partial charge on any atom is -0.491 e. The van der Waals surface area contributed by atoms with Gasteiger partial charge in [-0.3, -0.25) is 4.79 Å². The zero-order valence-electron chi connectivity index (χ0n) is 14.5. The van der Waals surface area contributed by atoms with Gasteiger partial charge in [0.1, 0.15) is 5.75 Å². The van der Waals surface area contributed by atoms with E-state index < -0.39 is 0 Å². The molecule has 0 saturated carbocycles. The highest BCUT2D eigenvalue weighted by atomic mass is 32.2. The predicted molar refractivity (Wildman–Crippen MR) is 108 cm³/mol. The fourth-order valence-corrected chi connectivity index (χ4v) is 4.38. The molecule has 0 radical (unpaired) electrons. The van der Waals surface area contributed by atoms with E-state index in [1.54, 1.807) is 11.8 Å². The summed E-state index contributed by atoms with van der Waals surface area (Å²) in [5.41, 5.74) is 2.96. The van der Waals surface area contributed by atoms with Crippen LogP contribution >= 0.6 is 11.8 Å². The third-order valence-corrected chi connectivity index (χ3v) is 5.55. The molecule has 3 aromatic rings. The Morgan fingerprint density at radius 3 is 2.88 bits per heavy atom. The summed E-state index contributed by atoms with van der Waals surface area (Å²) in [6.07, 6.45) is 3.86. The van der Waals surface area contributed by atoms with Gasteiger partial charge in [0.2, 0.25) is 0 Å². The van der Waals surface area contributed by atoms with E-state index in [4.69, 9.17) is 4.74 Å². The van der Waals surface area contributed by atoms with Gasteiger partial charge in [0.25, 0.3) is 0 Å². The lowest BCUT2D eigenvalue weighted by Crippen LogP contribution is -2.14. The molecule has 0 N–H and O–H groups in total. The number of nitrogens with zero attached hydrogens (tertiary/aromatic N) is 1. The van der Waals surface area contributed by atoms with E-state index in [1.165, 1.54) is 0 Å². The van der Waals surface area contributed by atoms with E-state index in [0.717, 1.165) is 57.2 Å². The topological polar surface area (TPSA) is 31.2 Å². The molecule has 0 spiro atoms. The number of aryl methyl sites for hydroxylation is 1. The number of benzene rings is 2. The van der Waals surface area contributed by atoms with E-state index in [9.17, 15) is 4.79 Å². The Hall–Kier alpha value is -2.20. The van der Waals surface area contributed by atoms with Gasteiger partial charge in [0, 0.05) is 24.6 Å². The van der Waals surface area contributed by atoms with Crippen LogP contribution in [0.2, 0.25) is 0 Å². The van der Waals surface area contributed by atoms with Crippen molar-refractivity contribution < 1.29 is 4.74 Å². The molecule has 0 bridgehead atoms. The Bertz CT molecular complexity index is 1050. The Kier molecular flexibility index (Phi) is 4.30. The molecule has 0 fully saturated rings. The SMILES string of the molecule is CCCOc1cc2ccccc2c2c(=O)c(C3=CSCC3)cn(C)c12. The molecule has 2 heterocycles. The van der Waals surface area contributed by atoms with E-state index in [-0.39, 0.29) is 5.43 Å². The Morgan fingerprint density at radius 2 is 2.12 bits per heavy atom. The van der Waals surface area contributed by atoms with Crippen LogP contribution in [-0.2, 0) is 7.05 Å². The first kappa shape index (κ1) is 16.3. The van der Waals surface area contributed by atoms with Gasteiger partial charge in [-0.1, -0.05) is 31.2 Å². The lowest BCUT2D eigenvalue weighted by Gasteiger charge is -2.16. The fraction of sp³-hybridized carbons (Fsp3) is 0.286. The minimum absolute atomic E-state index is 0.111. The summed E-state index contributed by atoms with van der Waals surface area (Å²) in [5.74, 6) is 1.84. The summed E-state index contributed by atoms with van der Waals surface area (Å²) in [4.78, 5) is 13.4. The number of hydrogen-bond acceptors (Lipinski definition) is 3. The molecule has 1 aromatic heterocycles. The summed E-state index contributed by atoms with van der Waals surface area (Å²) in [6, 6.07) is 10.1. The van der Waals surface area contributed by atoms with Crippen LogP contribution in [0.4, 0.5) is 0 Å². The minimum atomic E-state index is 0.111. The third kappa shape index (κ3) is 2.74. The Morgan fingerprint density at radius 1 is 1.28 bits per heavy atom. The number of pyridine rings is 1. The van der Waals surface area contributed by atoms with Crippen molar-refractivity contribution in [1.82, 2.24) is 4.57 Å². The number of hydrogen-bond donors (Lipinski definition) is 0. The van der Waals surface area contributed by atoms with Gasteiger partial charge < -0.3 is 9.30 Å². The number of allylic oxidation sites excluding steroid dienone is 1. The highest BCUT2D eigenvalue weighted by Gasteiger charge is 2.19. The van der Waals surface area contributed by atoms with E-state index in [0.29, 0.717) is 6.61 Å². The van der Waals surface area contributed by atoms with Gasteiger partial charge in [-0.25, -0.2) is 0 Å². The molecule has 25 heavy (non-hydrogen) atoms. The first-order valence-corrected chi connectivity index (χ1v) is 9.74. The second kappa shape index (κ2) is 6.60. The van der Waals surface area contributed by atoms with Gasteiger partial charge in [0.05, 0.1) is 17.5 Å². The van der Waals surface area contributed by atoms with Gasteiger partial charge in [-0.15, -0.1) is 11.8 Å². The molecular formula is C21H21NO2S. The maximum absolute atomic E-state index is 13.4. The van der Waals surface area contributed by atoms with E-state index >= 15 is 0 Å². The molecular weight excluding hydrogens is 330 g/mol. The molecule has 0 unspecified atom stereocenters. The van der Waals surface area contributed by atoms with Crippen molar-refractivity contribution in [2.45, 2.75) is 19.8 Å². The van der Waals surface area contributed by atoms with Crippen LogP contribution in [0.25, 0.3) is 27.2 Å². The zero-order valence-corrected chi connectivity index (χ0v) is 15.4. The van der Waals surface area contributed by atoms with Crippen molar-refractivity contribution >= 4 is 39.0 Å². The summed E-state index contributed by atoms with van der Waals surface area (Å²) in [5, 5.41) is 4.93. The number of aromatic nitrogens is 1. The van der Waals surface area contributed by atoms with Crippen LogP contribution in [-0.4, -0.2) is 16.9 Å². The van der Waals surface area contributed by atoms with Crippen LogP contribution in [0.1, 0.15) is 25.3 Å². The molecule has 4 rings (SSSR count). The summed E-state index contributed by atoms with van der Waals surface area (Å²) < 4.78 is 8.05. The molecule has 1 aliphatic rings. The van der Waals surface area contributed by atoms with Crippen LogP contribution < -0.4 is 10.2 Å². The molecule has 4 heteroatoms. The van der Waals surface area contributed by atoms with Crippen LogP contribution in [0, 0.1) is 0 Å². The van der Waals surface area contributed by atoms with Crippen molar-refractivity contribution in [2.75, 3.05) is 12.4 Å². The van der Waals surface area contributed by atoms with Gasteiger partial charge in [-0.05, 0) is 40.7 Å². The molecule has 0 aliphatic carbocycles. The zero-order chi connectivity index (χ0) is 17.4. The second-order valence-corrected chi connectivity index (χ2v) is 7.39. The average molecular weight is 351 g/mol. The maximum atomic E-state index is 13.4. The molecule has 0 saturated heterocycles. The van der Waals surface area contributed by atoms with Crippen molar-refractivity contribution in [1.29, 1.82) is 0 Å². The summed E-state index contributed by atoms with van der Waals surface area (Å²) >= 11 is 1.78. The first-order chi connectivity index (χ1) is 12.2. The normalized spacial score (nSPS) is 14.2. The quantitative estimate of drug-likeness (QED) is 0.623. The van der Waals surface area contributed by atoms with Gasteiger partial charge in [0.15, 0.2) is 5.43 Å². The van der Waals surface area contributed by atoms with Crippen LogP contribution in [0.3, 0.4) is 0 Å². The Balaban J connectivity index is 2.11. The summed E-state index contributed by atoms with van der Waals surface area (Å²) in [7, 11) is 2.00. The molecule has 3 nitrogen and oxygen atoms in total. The van der Waals surface area contributed by atoms with E-state index in [2.05, 4.69) is 18.4 Å². The molecule has 0 atom stereocenters. The predicted octanol–water partition coefficient (Wildman–Crippen LogP) is 4.96. The second-order valence-electron chi connectivity index (χ2n) is 6.41. The lowest BCUT2D eigenvalue weighted by molar-refractivity contribution is 0.320. The summed E-state index contributed by atoms with van der Waals surface area (Å²) in [6.45, 7) is 2.73. The van der Waals surface area contributed by atoms with Crippen molar-refractivity contribution in [3.63, 3.8) is 0 Å². The number of ether oxygens (including phenoxy) is 1. The smallest absolute Gasteiger partial charge is 0.197 e. The highest BCUT2D eigenvalue weighted by molar-refractivity contribution is 8.02. The third-order valence-electron chi connectivity index (χ3n) is 4.66. The van der Waals surface area contributed by atoms with Crippen LogP contribution in [0.5, 0.6) is 5.75 Å². The van der Waals surface area contributed by atoms with Crippen molar-refractivity contribution in [2.24, 2.45) is 7.05 Å². The number of rotatable bonds is 4. The number of thioether (sulfide) groups is 1. The molecule has 2 aromatic carbocycles. The average Bonchev–Trinajstić information content (AvgIpc) is 3.16. The monoisotopic (exact) mass is 351 g/mol. The lowest BCUT2D eigenvalue weighted by atomic mass is 9.99. The van der Waals surface area contributed by atoms with Crippen molar-refractivity contribution in [3.05, 3.63) is 57.7 Å². The van der Waals surface area contributed by atoms with E-state index in [1.807, 2.05) is 42.1 Å². The van der Waals surface area contributed by atoms with Gasteiger partial charge >= 0.3 is 0 Å². The van der Waals surface area contributed by atoms with Gasteiger partial charge in [-0.2, -0.15) is 0 Å². The molecule has 0 amide bonds. The maximum Gasteiger partial charge on any atom is 0.197 e. The molecule has 128 valence electrons. The fourth-order valence-electron chi connectivity index (χ4n) is 3.48. The van der Waals surface area contributed by atoms with Crippen molar-refractivity contribution in [3.8, 4) is 5.75 Å². The first-order valence-electron chi connectivity index (χ1n) is 8.69. The number of fused-ring (bicyclic) bond motifs is 3. The Labute approximate surface area is 151 Å². The largest absolute Gasteiger partial charge is 0.491 e. The molecule has 1 aliphatic heterocycles. The highest BCUT2D eigenvalue weighted by Crippen LogP contribution is 2.34. The standard InChI is InChI=1S/C21H21NO2S/c1-3-9-24-18-11-14-6-4-5-7-16(14)19-20(18)22(2)12-17(21(19)23)15-8-10-25-13-15/h4-7,11-13H,3,8-10H2,1-2H3. The van der Waals surface area contributed by atoms with Crippen LogP contribution in [0.15, 0.2) is 46.7 Å².